The van der Waals surface area contributed by atoms with Gasteiger partial charge in [0, 0.05) is 0 Å². The fourth-order valence-corrected chi connectivity index (χ4v) is 1.69. The van der Waals surface area contributed by atoms with E-state index in [0.29, 0.717) is 12.0 Å². The number of ketones is 1. The minimum Gasteiger partial charge on any atom is -0.405 e. The van der Waals surface area contributed by atoms with Gasteiger partial charge in [-0.05, 0) is 18.1 Å². The van der Waals surface area contributed by atoms with Crippen molar-refractivity contribution in [3.8, 4) is 5.75 Å². The molecule has 17 heavy (non-hydrogen) atoms. The van der Waals surface area contributed by atoms with Crippen molar-refractivity contribution in [2.75, 3.05) is 5.33 Å². The summed E-state index contributed by atoms with van der Waals surface area (Å²) >= 11 is 2.93. The molecule has 94 valence electrons. The largest absolute Gasteiger partial charge is 0.573 e. The molecule has 1 rings (SSSR count). The lowest BCUT2D eigenvalue weighted by atomic mass is 10.0. The van der Waals surface area contributed by atoms with Gasteiger partial charge in [-0.15, -0.1) is 13.2 Å². The van der Waals surface area contributed by atoms with Gasteiger partial charge in [-0.25, -0.2) is 0 Å². The van der Waals surface area contributed by atoms with Gasteiger partial charge in [-0.3, -0.25) is 4.79 Å². The normalized spacial score (nSPS) is 11.4. The van der Waals surface area contributed by atoms with Gasteiger partial charge in [0.25, 0.3) is 0 Å². The van der Waals surface area contributed by atoms with Crippen LogP contribution in [0.1, 0.15) is 22.8 Å². The minimum atomic E-state index is -4.80. The third-order valence-corrected chi connectivity index (χ3v) is 2.63. The molecule has 0 saturated heterocycles. The SMILES string of the molecule is CCc1cccc(C(=O)CBr)c1OC(F)(F)F. The Bertz CT molecular complexity index is 416. The zero-order valence-electron chi connectivity index (χ0n) is 8.97. The molecule has 0 aromatic heterocycles. The molecule has 1 aromatic rings. The summed E-state index contributed by atoms with van der Waals surface area (Å²) in [5, 5.41) is -0.0472. The molecule has 0 N–H and O–H groups in total. The number of alkyl halides is 4. The Morgan fingerprint density at radius 3 is 2.53 bits per heavy atom. The first kappa shape index (κ1) is 14.0. The Hall–Kier alpha value is -1.04. The van der Waals surface area contributed by atoms with E-state index in [1.807, 2.05) is 0 Å². The topological polar surface area (TPSA) is 26.3 Å². The van der Waals surface area contributed by atoms with Gasteiger partial charge >= 0.3 is 6.36 Å². The van der Waals surface area contributed by atoms with Gasteiger partial charge in [0.2, 0.25) is 0 Å². The van der Waals surface area contributed by atoms with Gasteiger partial charge in [-0.2, -0.15) is 0 Å². The first-order chi connectivity index (χ1) is 7.89. The van der Waals surface area contributed by atoms with E-state index in [9.17, 15) is 18.0 Å². The Labute approximate surface area is 105 Å². The van der Waals surface area contributed by atoms with Crippen molar-refractivity contribution in [2.24, 2.45) is 0 Å². The van der Waals surface area contributed by atoms with E-state index in [1.165, 1.54) is 18.2 Å². The van der Waals surface area contributed by atoms with E-state index in [0.717, 1.165) is 0 Å². The highest BCUT2D eigenvalue weighted by Gasteiger charge is 2.33. The molecule has 2 nitrogen and oxygen atoms in total. The van der Waals surface area contributed by atoms with Crippen molar-refractivity contribution in [2.45, 2.75) is 19.7 Å². The Morgan fingerprint density at radius 2 is 2.06 bits per heavy atom. The van der Waals surface area contributed by atoms with Crippen LogP contribution in [0.4, 0.5) is 13.2 Å². The van der Waals surface area contributed by atoms with Crippen LogP contribution in [-0.4, -0.2) is 17.5 Å². The Morgan fingerprint density at radius 1 is 1.41 bits per heavy atom. The number of aryl methyl sites for hydroxylation is 1. The summed E-state index contributed by atoms with van der Waals surface area (Å²) in [6.07, 6.45) is -4.44. The number of halogens is 4. The molecule has 6 heteroatoms. The molecule has 0 bridgehead atoms. The number of benzene rings is 1. The van der Waals surface area contributed by atoms with Crippen LogP contribution in [0.25, 0.3) is 0 Å². The molecule has 0 atom stereocenters. The third kappa shape index (κ3) is 3.73. The summed E-state index contributed by atoms with van der Waals surface area (Å²) in [5.41, 5.74) is 0.299. The Kier molecular flexibility index (Phi) is 4.56. The maximum Gasteiger partial charge on any atom is 0.573 e. The van der Waals surface area contributed by atoms with Crippen LogP contribution in [0.3, 0.4) is 0 Å². The second-order valence-electron chi connectivity index (χ2n) is 3.25. The molecular weight excluding hydrogens is 301 g/mol. The van der Waals surface area contributed by atoms with Crippen molar-refractivity contribution in [1.82, 2.24) is 0 Å². The van der Waals surface area contributed by atoms with Crippen molar-refractivity contribution in [3.05, 3.63) is 29.3 Å². The van der Waals surface area contributed by atoms with Gasteiger partial charge < -0.3 is 4.74 Å². The fourth-order valence-electron chi connectivity index (χ4n) is 1.39. The smallest absolute Gasteiger partial charge is 0.405 e. The van der Waals surface area contributed by atoms with Gasteiger partial charge in [0.1, 0.15) is 5.75 Å². The quantitative estimate of drug-likeness (QED) is 0.626. The number of hydrogen-bond donors (Lipinski definition) is 0. The third-order valence-electron chi connectivity index (χ3n) is 2.12. The lowest BCUT2D eigenvalue weighted by Crippen LogP contribution is -2.20. The molecular formula is C11H10BrF3O2. The summed E-state index contributed by atoms with van der Waals surface area (Å²) in [6, 6.07) is 4.37. The molecule has 0 saturated carbocycles. The van der Waals surface area contributed by atoms with Crippen molar-refractivity contribution in [3.63, 3.8) is 0 Å². The Balaban J connectivity index is 3.25. The minimum absolute atomic E-state index is 0.0472. The van der Waals surface area contributed by atoms with E-state index in [-0.39, 0.29) is 10.9 Å². The number of rotatable bonds is 4. The summed E-state index contributed by atoms with van der Waals surface area (Å²) in [6.45, 7) is 1.70. The zero-order chi connectivity index (χ0) is 13.1. The van der Waals surface area contributed by atoms with Crippen LogP contribution in [0.5, 0.6) is 5.75 Å². The lowest BCUT2D eigenvalue weighted by Gasteiger charge is -2.15. The number of para-hydroxylation sites is 1. The highest BCUT2D eigenvalue weighted by molar-refractivity contribution is 9.09. The van der Waals surface area contributed by atoms with Crippen LogP contribution >= 0.6 is 15.9 Å². The maximum atomic E-state index is 12.3. The predicted octanol–water partition coefficient (Wildman–Crippen LogP) is 3.73. The highest BCUT2D eigenvalue weighted by atomic mass is 79.9. The average molecular weight is 311 g/mol. The van der Waals surface area contributed by atoms with Crippen molar-refractivity contribution >= 4 is 21.7 Å². The van der Waals surface area contributed by atoms with Crippen LogP contribution < -0.4 is 4.74 Å². The second kappa shape index (κ2) is 5.53. The number of Topliss-reactive ketones (excluding diaryl/α,β-unsaturated/α-hetero) is 1. The number of carbonyl (C=O) groups excluding carboxylic acids is 1. The summed E-state index contributed by atoms with van der Waals surface area (Å²) in [5.74, 6) is -0.841. The monoisotopic (exact) mass is 310 g/mol. The fraction of sp³-hybridized carbons (Fsp3) is 0.364. The zero-order valence-corrected chi connectivity index (χ0v) is 10.6. The van der Waals surface area contributed by atoms with E-state index in [4.69, 9.17) is 0 Å². The number of carbonyl (C=O) groups is 1. The molecule has 0 aliphatic rings. The molecule has 0 amide bonds. The number of hydrogen-bond acceptors (Lipinski definition) is 2. The van der Waals surface area contributed by atoms with Crippen molar-refractivity contribution < 1.29 is 22.7 Å². The van der Waals surface area contributed by atoms with Crippen LogP contribution in [0.2, 0.25) is 0 Å². The van der Waals surface area contributed by atoms with E-state index < -0.39 is 17.9 Å². The summed E-state index contributed by atoms with van der Waals surface area (Å²) in [7, 11) is 0. The van der Waals surface area contributed by atoms with Gasteiger partial charge in [0.15, 0.2) is 5.78 Å². The molecule has 0 radical (unpaired) electrons. The van der Waals surface area contributed by atoms with Gasteiger partial charge in [-0.1, -0.05) is 35.0 Å². The van der Waals surface area contributed by atoms with Crippen LogP contribution in [0, 0.1) is 0 Å². The lowest BCUT2D eigenvalue weighted by molar-refractivity contribution is -0.275. The molecule has 0 heterocycles. The summed E-state index contributed by atoms with van der Waals surface area (Å²) < 4.78 is 40.7. The number of ether oxygens (including phenoxy) is 1. The van der Waals surface area contributed by atoms with Crippen LogP contribution in [0.15, 0.2) is 18.2 Å². The highest BCUT2D eigenvalue weighted by Crippen LogP contribution is 2.31. The standard InChI is InChI=1S/C11H10BrF3O2/c1-2-7-4-3-5-8(9(16)6-12)10(7)17-11(13,14)15/h3-5H,2,6H2,1H3. The summed E-state index contributed by atoms with van der Waals surface area (Å²) in [4.78, 5) is 11.5. The molecule has 0 aliphatic heterocycles. The maximum absolute atomic E-state index is 12.3. The molecule has 0 aliphatic carbocycles. The molecule has 0 unspecified atom stereocenters. The van der Waals surface area contributed by atoms with Gasteiger partial charge in [0.05, 0.1) is 10.9 Å². The van der Waals surface area contributed by atoms with E-state index >= 15 is 0 Å². The average Bonchev–Trinajstić information content (AvgIpc) is 2.26. The first-order valence-corrected chi connectivity index (χ1v) is 5.98. The van der Waals surface area contributed by atoms with E-state index in [1.54, 1.807) is 6.92 Å². The van der Waals surface area contributed by atoms with E-state index in [2.05, 4.69) is 20.7 Å². The second-order valence-corrected chi connectivity index (χ2v) is 3.81. The predicted molar refractivity (Wildman–Crippen MR) is 60.6 cm³/mol. The molecule has 0 spiro atoms. The first-order valence-electron chi connectivity index (χ1n) is 4.85. The van der Waals surface area contributed by atoms with Crippen LogP contribution in [-0.2, 0) is 6.42 Å². The molecule has 1 aromatic carbocycles. The van der Waals surface area contributed by atoms with Crippen molar-refractivity contribution in [1.29, 1.82) is 0 Å². The molecule has 0 fully saturated rings.